The lowest BCUT2D eigenvalue weighted by molar-refractivity contribution is -0.142. The van der Waals surface area contributed by atoms with Gasteiger partial charge in [-0.1, -0.05) is 18.2 Å². The van der Waals surface area contributed by atoms with Crippen LogP contribution in [-0.4, -0.2) is 29.5 Å². The Bertz CT molecular complexity index is 700. The topological polar surface area (TPSA) is 97.4 Å². The van der Waals surface area contributed by atoms with Crippen LogP contribution in [0.25, 0.3) is 0 Å². The van der Waals surface area contributed by atoms with E-state index in [4.69, 9.17) is 4.74 Å². The molecular weight excluding hydrogens is 318 g/mol. The molecule has 0 radical (unpaired) electrons. The van der Waals surface area contributed by atoms with Gasteiger partial charge in [-0.25, -0.2) is 9.78 Å². The third kappa shape index (κ3) is 5.19. The lowest BCUT2D eigenvalue weighted by Crippen LogP contribution is -2.34. The van der Waals surface area contributed by atoms with Gasteiger partial charge in [0.05, 0.1) is 18.7 Å². The van der Waals surface area contributed by atoms with Gasteiger partial charge in [-0.2, -0.15) is 0 Å². The van der Waals surface area contributed by atoms with E-state index in [-0.39, 0.29) is 12.4 Å². The van der Waals surface area contributed by atoms with Gasteiger partial charge < -0.3 is 4.74 Å². The molecule has 1 heterocycles. The van der Waals surface area contributed by atoms with Crippen LogP contribution in [0, 0.1) is 0 Å². The van der Waals surface area contributed by atoms with Gasteiger partial charge in [0.1, 0.15) is 0 Å². The number of hydrogen-bond donors (Lipinski definition) is 2. The van der Waals surface area contributed by atoms with Gasteiger partial charge in [0, 0.05) is 10.9 Å². The van der Waals surface area contributed by atoms with E-state index < -0.39 is 11.9 Å². The number of ether oxygens (including phenoxy) is 1. The number of aromatic nitrogens is 1. The van der Waals surface area contributed by atoms with Crippen molar-refractivity contribution in [3.63, 3.8) is 0 Å². The zero-order valence-corrected chi connectivity index (χ0v) is 13.2. The molecule has 0 bridgehead atoms. The van der Waals surface area contributed by atoms with Crippen molar-refractivity contribution in [1.29, 1.82) is 0 Å². The van der Waals surface area contributed by atoms with Crippen LogP contribution in [0.15, 0.2) is 35.7 Å². The number of esters is 1. The molecule has 0 saturated carbocycles. The van der Waals surface area contributed by atoms with Crippen molar-refractivity contribution in [2.24, 2.45) is 0 Å². The van der Waals surface area contributed by atoms with Crippen molar-refractivity contribution in [1.82, 2.24) is 10.3 Å². The fraction of sp³-hybridized carbons (Fsp3) is 0.200. The molecule has 2 N–H and O–H groups in total. The fourth-order valence-electron chi connectivity index (χ4n) is 1.70. The smallest absolute Gasteiger partial charge is 0.327 e. The molecule has 0 aliphatic rings. The first-order chi connectivity index (χ1) is 11.1. The third-order valence-electron chi connectivity index (χ3n) is 2.67. The Morgan fingerprint density at radius 2 is 1.96 bits per heavy atom. The number of nitrogens with one attached hydrogen (secondary N) is 2. The van der Waals surface area contributed by atoms with Gasteiger partial charge in [0.2, 0.25) is 0 Å². The first kappa shape index (κ1) is 16.6. The van der Waals surface area contributed by atoms with E-state index in [1.807, 2.05) is 0 Å². The normalized spacial score (nSPS) is 9.96. The monoisotopic (exact) mass is 333 g/mol. The van der Waals surface area contributed by atoms with E-state index in [9.17, 15) is 14.4 Å². The molecule has 23 heavy (non-hydrogen) atoms. The summed E-state index contributed by atoms with van der Waals surface area (Å²) in [6.07, 6.45) is 0.0383. The Kier molecular flexibility index (Phi) is 5.81. The molecule has 8 heteroatoms. The molecule has 2 aromatic rings. The summed E-state index contributed by atoms with van der Waals surface area (Å²) in [5, 5.41) is 6.59. The molecule has 7 nitrogen and oxygen atoms in total. The van der Waals surface area contributed by atoms with Crippen LogP contribution < -0.4 is 10.6 Å². The van der Waals surface area contributed by atoms with Gasteiger partial charge in [-0.15, -0.1) is 11.3 Å². The van der Waals surface area contributed by atoms with Crippen LogP contribution in [0.4, 0.5) is 9.93 Å². The summed E-state index contributed by atoms with van der Waals surface area (Å²) < 4.78 is 4.82. The highest BCUT2D eigenvalue weighted by Crippen LogP contribution is 2.16. The largest absolute Gasteiger partial charge is 0.466 e. The first-order valence-electron chi connectivity index (χ1n) is 6.86. The van der Waals surface area contributed by atoms with Crippen LogP contribution in [0.1, 0.15) is 23.0 Å². The predicted octanol–water partition coefficient (Wildman–Crippen LogP) is 2.21. The van der Waals surface area contributed by atoms with Gasteiger partial charge in [-0.3, -0.25) is 20.2 Å². The van der Waals surface area contributed by atoms with Gasteiger partial charge >= 0.3 is 12.0 Å². The number of carbonyl (C=O) groups is 3. The number of thiazole rings is 1. The summed E-state index contributed by atoms with van der Waals surface area (Å²) >= 11 is 1.16. The predicted molar refractivity (Wildman–Crippen MR) is 85.4 cm³/mol. The van der Waals surface area contributed by atoms with Crippen LogP contribution in [0.5, 0.6) is 0 Å². The second kappa shape index (κ2) is 8.04. The lowest BCUT2D eigenvalue weighted by Gasteiger charge is -2.04. The molecule has 0 aliphatic heterocycles. The Balaban J connectivity index is 1.87. The van der Waals surface area contributed by atoms with Crippen LogP contribution in [0.2, 0.25) is 0 Å². The molecule has 1 aromatic heterocycles. The first-order valence-corrected chi connectivity index (χ1v) is 7.74. The summed E-state index contributed by atoms with van der Waals surface area (Å²) in [5.74, 6) is -0.889. The highest BCUT2D eigenvalue weighted by molar-refractivity contribution is 7.13. The number of anilines is 1. The SMILES string of the molecule is CCOC(=O)Cc1csc(NC(=O)NC(=O)c2ccccc2)n1. The second-order valence-electron chi connectivity index (χ2n) is 4.40. The Morgan fingerprint density at radius 1 is 1.22 bits per heavy atom. The zero-order valence-electron chi connectivity index (χ0n) is 12.4. The van der Waals surface area contributed by atoms with Crippen LogP contribution in [-0.2, 0) is 16.0 Å². The van der Waals surface area contributed by atoms with Crippen molar-refractivity contribution < 1.29 is 19.1 Å². The molecule has 0 fully saturated rings. The maximum Gasteiger partial charge on any atom is 0.327 e. The number of imide groups is 1. The maximum absolute atomic E-state index is 11.8. The van der Waals surface area contributed by atoms with E-state index >= 15 is 0 Å². The standard InChI is InChI=1S/C15H15N3O4S/c1-2-22-12(19)8-11-9-23-15(16-11)18-14(21)17-13(20)10-6-4-3-5-7-10/h3-7,9H,2,8H2,1H3,(H2,16,17,18,20,21). The number of urea groups is 1. The Labute approximate surface area is 136 Å². The van der Waals surface area contributed by atoms with E-state index in [2.05, 4.69) is 15.6 Å². The third-order valence-corrected chi connectivity index (χ3v) is 3.47. The summed E-state index contributed by atoms with van der Waals surface area (Å²) in [4.78, 5) is 39.0. The number of hydrogen-bond acceptors (Lipinski definition) is 6. The van der Waals surface area contributed by atoms with E-state index in [1.54, 1.807) is 42.6 Å². The molecule has 0 atom stereocenters. The van der Waals surface area contributed by atoms with Crippen LogP contribution in [0.3, 0.4) is 0 Å². The summed E-state index contributed by atoms with van der Waals surface area (Å²) in [7, 11) is 0. The molecule has 0 aliphatic carbocycles. The number of nitrogens with zero attached hydrogens (tertiary/aromatic N) is 1. The Hall–Kier alpha value is -2.74. The minimum absolute atomic E-state index is 0.0383. The van der Waals surface area contributed by atoms with Gasteiger partial charge in [-0.05, 0) is 19.1 Å². The minimum atomic E-state index is -0.684. The maximum atomic E-state index is 11.8. The van der Waals surface area contributed by atoms with E-state index in [1.165, 1.54) is 0 Å². The fourth-order valence-corrected chi connectivity index (χ4v) is 2.40. The average Bonchev–Trinajstić information content (AvgIpc) is 2.95. The second-order valence-corrected chi connectivity index (χ2v) is 5.26. The molecule has 0 spiro atoms. The average molecular weight is 333 g/mol. The van der Waals surface area contributed by atoms with Gasteiger partial charge in [0.25, 0.3) is 5.91 Å². The Morgan fingerprint density at radius 3 is 2.65 bits per heavy atom. The minimum Gasteiger partial charge on any atom is -0.466 e. The molecular formula is C15H15N3O4S. The number of benzene rings is 1. The van der Waals surface area contributed by atoms with Crippen molar-refractivity contribution in [2.45, 2.75) is 13.3 Å². The summed E-state index contributed by atoms with van der Waals surface area (Å²) in [6.45, 7) is 2.03. The summed E-state index contributed by atoms with van der Waals surface area (Å²) in [6, 6.07) is 7.70. The quantitative estimate of drug-likeness (QED) is 0.818. The zero-order chi connectivity index (χ0) is 16.7. The number of amides is 3. The van der Waals surface area contributed by atoms with E-state index in [0.717, 1.165) is 11.3 Å². The lowest BCUT2D eigenvalue weighted by atomic mass is 10.2. The summed E-state index contributed by atoms with van der Waals surface area (Å²) in [5.41, 5.74) is 0.878. The van der Waals surface area contributed by atoms with Crippen molar-refractivity contribution >= 4 is 34.4 Å². The molecule has 3 amide bonds. The molecule has 2 rings (SSSR count). The molecule has 0 saturated heterocycles. The van der Waals surface area contributed by atoms with Crippen molar-refractivity contribution in [2.75, 3.05) is 11.9 Å². The van der Waals surface area contributed by atoms with Crippen LogP contribution >= 0.6 is 11.3 Å². The number of rotatable bonds is 5. The highest BCUT2D eigenvalue weighted by atomic mass is 32.1. The van der Waals surface area contributed by atoms with E-state index in [0.29, 0.717) is 23.0 Å². The molecule has 0 unspecified atom stereocenters. The molecule has 1 aromatic carbocycles. The van der Waals surface area contributed by atoms with Gasteiger partial charge in [0.15, 0.2) is 5.13 Å². The van der Waals surface area contributed by atoms with Crippen molar-refractivity contribution in [3.05, 3.63) is 47.0 Å². The molecule has 120 valence electrons. The van der Waals surface area contributed by atoms with Crippen molar-refractivity contribution in [3.8, 4) is 0 Å². The highest BCUT2D eigenvalue weighted by Gasteiger charge is 2.13. The number of carbonyl (C=O) groups excluding carboxylic acids is 3.